The Morgan fingerprint density at radius 1 is 1.07 bits per heavy atom. The minimum Gasteiger partial charge on any atom is -0.366 e. The van der Waals surface area contributed by atoms with Gasteiger partial charge in [-0.2, -0.15) is 0 Å². The summed E-state index contributed by atoms with van der Waals surface area (Å²) in [7, 11) is 0. The van der Waals surface area contributed by atoms with Crippen molar-refractivity contribution in [2.45, 2.75) is 12.6 Å². The lowest BCUT2D eigenvalue weighted by Crippen LogP contribution is -2.41. The van der Waals surface area contributed by atoms with Crippen molar-refractivity contribution < 1.29 is 14.5 Å². The van der Waals surface area contributed by atoms with Crippen LogP contribution in [0.5, 0.6) is 0 Å². The first kappa shape index (κ1) is 19.1. The lowest BCUT2D eigenvalue weighted by atomic mass is 9.98. The van der Waals surface area contributed by atoms with Gasteiger partial charge in [-0.15, -0.1) is 0 Å². The molecule has 0 spiro atoms. The summed E-state index contributed by atoms with van der Waals surface area (Å²) in [5, 5.41) is 13.8. The third-order valence-corrected chi connectivity index (χ3v) is 5.02. The third-order valence-electron chi connectivity index (χ3n) is 5.02. The zero-order valence-electron chi connectivity index (χ0n) is 15.8. The van der Waals surface area contributed by atoms with Crippen LogP contribution >= 0.6 is 0 Å². The van der Waals surface area contributed by atoms with Gasteiger partial charge in [0.05, 0.1) is 16.3 Å². The maximum atomic E-state index is 13.0. The average molecular weight is 402 g/mol. The van der Waals surface area contributed by atoms with Crippen LogP contribution < -0.4 is 16.0 Å². The first-order chi connectivity index (χ1) is 14.4. The van der Waals surface area contributed by atoms with E-state index < -0.39 is 16.9 Å². The van der Waals surface area contributed by atoms with Gasteiger partial charge in [0, 0.05) is 24.2 Å². The number of nitrogens with one attached hydrogen (secondary N) is 1. The number of hydrogen-bond donors (Lipinski definition) is 2. The minimum atomic E-state index is -0.603. The second kappa shape index (κ2) is 7.67. The van der Waals surface area contributed by atoms with Crippen LogP contribution in [-0.4, -0.2) is 16.7 Å². The van der Waals surface area contributed by atoms with Crippen molar-refractivity contribution in [3.63, 3.8) is 0 Å². The number of non-ortho nitro benzene ring substituents is 1. The zero-order valence-corrected chi connectivity index (χ0v) is 15.8. The first-order valence-electron chi connectivity index (χ1n) is 9.23. The molecule has 8 heteroatoms. The van der Waals surface area contributed by atoms with E-state index in [9.17, 15) is 19.7 Å². The Morgan fingerprint density at radius 3 is 2.40 bits per heavy atom. The van der Waals surface area contributed by atoms with Crippen LogP contribution in [0.1, 0.15) is 27.5 Å². The van der Waals surface area contributed by atoms with Gasteiger partial charge in [0.15, 0.2) is 0 Å². The number of primary amides is 1. The van der Waals surface area contributed by atoms with E-state index in [1.54, 1.807) is 30.3 Å². The first-order valence-corrected chi connectivity index (χ1v) is 9.23. The summed E-state index contributed by atoms with van der Waals surface area (Å²) in [4.78, 5) is 37.0. The molecule has 1 aliphatic rings. The summed E-state index contributed by atoms with van der Waals surface area (Å²) >= 11 is 0. The SMILES string of the molecule is NC(=O)c1ccc2c(c1)NC(=O)C(c1ccccc1)N2Cc1ccc([N+](=O)[O-])cc1. The smallest absolute Gasteiger partial charge is 0.269 e. The molecule has 2 amide bonds. The van der Waals surface area contributed by atoms with Crippen LogP contribution in [-0.2, 0) is 11.3 Å². The standard InChI is InChI=1S/C22H18N4O4/c23-21(27)16-8-11-19-18(12-16)24-22(28)20(15-4-2-1-3-5-15)25(19)13-14-6-9-17(10-7-14)26(29)30/h1-12,20H,13H2,(H2,23,27)(H,24,28). The monoisotopic (exact) mass is 402 g/mol. The molecule has 0 bridgehead atoms. The van der Waals surface area contributed by atoms with Gasteiger partial charge >= 0.3 is 0 Å². The lowest BCUT2D eigenvalue weighted by molar-refractivity contribution is -0.384. The van der Waals surface area contributed by atoms with E-state index in [-0.39, 0.29) is 11.6 Å². The number of amides is 2. The Kier molecular flexibility index (Phi) is 4.89. The maximum Gasteiger partial charge on any atom is 0.269 e. The van der Waals surface area contributed by atoms with E-state index in [0.717, 1.165) is 16.8 Å². The number of carbonyl (C=O) groups excluding carboxylic acids is 2. The van der Waals surface area contributed by atoms with Gasteiger partial charge in [0.25, 0.3) is 11.6 Å². The molecule has 150 valence electrons. The normalized spacial score (nSPS) is 15.3. The predicted molar refractivity (Wildman–Crippen MR) is 112 cm³/mol. The van der Waals surface area contributed by atoms with Gasteiger partial charge in [-0.05, 0) is 29.3 Å². The molecule has 1 aliphatic heterocycles. The molecule has 1 atom stereocenters. The summed E-state index contributed by atoms with van der Waals surface area (Å²) in [5.74, 6) is -0.823. The highest BCUT2D eigenvalue weighted by Gasteiger charge is 2.34. The Labute approximate surface area is 172 Å². The predicted octanol–water partition coefficient (Wildman–Crippen LogP) is 3.39. The highest BCUT2D eigenvalue weighted by Crippen LogP contribution is 2.40. The molecule has 4 rings (SSSR count). The molecule has 0 aliphatic carbocycles. The molecule has 8 nitrogen and oxygen atoms in total. The van der Waals surface area contributed by atoms with Gasteiger partial charge in [0.1, 0.15) is 6.04 Å². The molecular formula is C22H18N4O4. The van der Waals surface area contributed by atoms with Gasteiger partial charge in [-0.25, -0.2) is 0 Å². The summed E-state index contributed by atoms with van der Waals surface area (Å²) in [6.45, 7) is 0.341. The Balaban J connectivity index is 1.78. The largest absolute Gasteiger partial charge is 0.366 e. The van der Waals surface area contributed by atoms with Gasteiger partial charge in [-0.3, -0.25) is 19.7 Å². The molecule has 1 heterocycles. The van der Waals surface area contributed by atoms with Crippen LogP contribution in [0.4, 0.5) is 17.1 Å². The van der Waals surface area contributed by atoms with Gasteiger partial charge in [0.2, 0.25) is 5.91 Å². The molecule has 0 saturated carbocycles. The molecule has 1 unspecified atom stereocenters. The van der Waals surface area contributed by atoms with Crippen molar-refractivity contribution in [3.8, 4) is 0 Å². The second-order valence-electron chi connectivity index (χ2n) is 6.95. The van der Waals surface area contributed by atoms with E-state index >= 15 is 0 Å². The maximum absolute atomic E-state index is 13.0. The molecule has 0 aromatic heterocycles. The Bertz CT molecular complexity index is 1130. The fraction of sp³-hybridized carbons (Fsp3) is 0.0909. The molecule has 3 aromatic carbocycles. The van der Waals surface area contributed by atoms with Crippen LogP contribution in [0.15, 0.2) is 72.8 Å². The summed E-state index contributed by atoms with van der Waals surface area (Å²) in [6.07, 6.45) is 0. The number of rotatable bonds is 5. The third kappa shape index (κ3) is 3.58. The highest BCUT2D eigenvalue weighted by atomic mass is 16.6. The number of carbonyl (C=O) groups is 2. The number of benzene rings is 3. The topological polar surface area (TPSA) is 119 Å². The van der Waals surface area contributed by atoms with Crippen molar-refractivity contribution >= 4 is 28.9 Å². The molecule has 0 radical (unpaired) electrons. The Morgan fingerprint density at radius 2 is 1.77 bits per heavy atom. The summed E-state index contributed by atoms with van der Waals surface area (Å²) < 4.78 is 0. The van der Waals surface area contributed by atoms with Crippen molar-refractivity contribution in [1.82, 2.24) is 0 Å². The quantitative estimate of drug-likeness (QED) is 0.501. The highest BCUT2D eigenvalue weighted by molar-refractivity contribution is 6.06. The fourth-order valence-corrected chi connectivity index (χ4v) is 3.58. The molecule has 0 saturated heterocycles. The number of nitro benzene ring substituents is 1. The van der Waals surface area contributed by atoms with Gasteiger partial charge in [-0.1, -0.05) is 42.5 Å². The van der Waals surface area contributed by atoms with Crippen LogP contribution in [0.25, 0.3) is 0 Å². The van der Waals surface area contributed by atoms with Crippen molar-refractivity contribution in [3.05, 3.63) is 99.6 Å². The van der Waals surface area contributed by atoms with Crippen molar-refractivity contribution in [1.29, 1.82) is 0 Å². The molecule has 3 N–H and O–H groups in total. The molecular weight excluding hydrogens is 384 g/mol. The van der Waals surface area contributed by atoms with E-state index in [1.807, 2.05) is 35.2 Å². The number of fused-ring (bicyclic) bond motifs is 1. The minimum absolute atomic E-state index is 0.00115. The summed E-state index contributed by atoms with van der Waals surface area (Å²) in [5.41, 5.74) is 8.50. The van der Waals surface area contributed by atoms with Crippen LogP contribution in [0, 0.1) is 10.1 Å². The molecule has 0 fully saturated rings. The second-order valence-corrected chi connectivity index (χ2v) is 6.95. The van der Waals surface area contributed by atoms with Crippen LogP contribution in [0.3, 0.4) is 0 Å². The number of nitrogens with two attached hydrogens (primary N) is 1. The van der Waals surface area contributed by atoms with Crippen LogP contribution in [0.2, 0.25) is 0 Å². The Hall–Kier alpha value is -4.20. The van der Waals surface area contributed by atoms with Crippen molar-refractivity contribution in [2.75, 3.05) is 10.2 Å². The molecule has 30 heavy (non-hydrogen) atoms. The lowest BCUT2D eigenvalue weighted by Gasteiger charge is -2.38. The zero-order chi connectivity index (χ0) is 21.3. The number of nitro groups is 1. The number of anilines is 2. The molecule has 3 aromatic rings. The number of nitrogens with zero attached hydrogens (tertiary/aromatic N) is 2. The fourth-order valence-electron chi connectivity index (χ4n) is 3.58. The van der Waals surface area contributed by atoms with E-state index in [1.165, 1.54) is 12.1 Å². The van der Waals surface area contributed by atoms with E-state index in [2.05, 4.69) is 5.32 Å². The average Bonchev–Trinajstić information content (AvgIpc) is 2.74. The number of hydrogen-bond acceptors (Lipinski definition) is 5. The summed E-state index contributed by atoms with van der Waals surface area (Å²) in [6, 6.07) is 19.9. The van der Waals surface area contributed by atoms with Crippen molar-refractivity contribution in [2.24, 2.45) is 5.73 Å². The van der Waals surface area contributed by atoms with E-state index in [0.29, 0.717) is 17.8 Å². The van der Waals surface area contributed by atoms with E-state index in [4.69, 9.17) is 5.73 Å². The van der Waals surface area contributed by atoms with Gasteiger partial charge < -0.3 is 16.0 Å².